The number of methoxy groups -OCH3 is 2. The smallest absolute Gasteiger partial charge is 0.251 e. The van der Waals surface area contributed by atoms with E-state index in [0.29, 0.717) is 22.8 Å². The zero-order valence-corrected chi connectivity index (χ0v) is 14.7. The number of terminal acetylenes is 1. The maximum absolute atomic E-state index is 12.6. The molecule has 1 aliphatic carbocycles. The van der Waals surface area contributed by atoms with Crippen molar-refractivity contribution in [2.24, 2.45) is 0 Å². The van der Waals surface area contributed by atoms with Crippen molar-refractivity contribution in [3.8, 4) is 29.6 Å². The summed E-state index contributed by atoms with van der Waals surface area (Å²) >= 11 is 6.31. The van der Waals surface area contributed by atoms with Gasteiger partial charge in [0.1, 0.15) is 6.61 Å². The lowest BCUT2D eigenvalue weighted by molar-refractivity contribution is 0.0928. The van der Waals surface area contributed by atoms with Gasteiger partial charge in [0.15, 0.2) is 11.5 Å². The van der Waals surface area contributed by atoms with Gasteiger partial charge in [0, 0.05) is 11.6 Å². The van der Waals surface area contributed by atoms with E-state index in [-0.39, 0.29) is 23.9 Å². The molecule has 1 aromatic carbocycles. The molecular weight excluding hydrogens is 330 g/mol. The number of hydrogen-bond acceptors (Lipinski definition) is 4. The van der Waals surface area contributed by atoms with Crippen LogP contribution in [-0.4, -0.2) is 38.2 Å². The molecule has 1 N–H and O–H groups in total. The zero-order valence-electron chi connectivity index (χ0n) is 13.9. The molecule has 1 amide bonds. The largest absolute Gasteiger partial charge is 0.493 e. The third-order valence-corrected chi connectivity index (χ3v) is 4.54. The molecular formula is C18H22ClNO4. The van der Waals surface area contributed by atoms with Crippen LogP contribution in [0.15, 0.2) is 12.1 Å². The van der Waals surface area contributed by atoms with Gasteiger partial charge in [-0.1, -0.05) is 18.8 Å². The Morgan fingerprint density at radius 3 is 2.46 bits per heavy atom. The average Bonchev–Trinajstić information content (AvgIpc) is 2.61. The number of alkyl halides is 1. The van der Waals surface area contributed by atoms with Crippen LogP contribution in [0.5, 0.6) is 17.2 Å². The number of nitrogens with one attached hydrogen (secondary N) is 1. The van der Waals surface area contributed by atoms with Gasteiger partial charge in [0.2, 0.25) is 5.75 Å². The number of carbonyl (C=O) groups excluding carboxylic acids is 1. The van der Waals surface area contributed by atoms with Crippen LogP contribution in [0.25, 0.3) is 0 Å². The summed E-state index contributed by atoms with van der Waals surface area (Å²) in [7, 11) is 2.99. The van der Waals surface area contributed by atoms with Gasteiger partial charge in [-0.3, -0.25) is 4.79 Å². The van der Waals surface area contributed by atoms with Gasteiger partial charge in [-0.15, -0.1) is 18.0 Å². The van der Waals surface area contributed by atoms with E-state index in [0.717, 1.165) is 25.7 Å². The third kappa shape index (κ3) is 4.27. The molecule has 0 saturated heterocycles. The Labute approximate surface area is 147 Å². The standard InChI is InChI=1S/C18H22ClNO4/c1-4-9-24-17-15(22-2)10-12(11-16(17)23-3)18(21)20-14-8-6-5-7-13(14)19/h1,10-11,13-14H,5-9H2,2-3H3,(H,20,21)/t13-,14-/m1/s1. The quantitative estimate of drug-likeness (QED) is 0.632. The Hall–Kier alpha value is -2.06. The fourth-order valence-corrected chi connectivity index (χ4v) is 3.11. The lowest BCUT2D eigenvalue weighted by atomic mass is 9.94. The summed E-state index contributed by atoms with van der Waals surface area (Å²) in [5, 5.41) is 2.96. The third-order valence-electron chi connectivity index (χ3n) is 4.02. The number of carbonyl (C=O) groups is 1. The number of ether oxygens (including phenoxy) is 3. The number of halogens is 1. The van der Waals surface area contributed by atoms with E-state index in [1.54, 1.807) is 12.1 Å². The first-order chi connectivity index (χ1) is 11.6. The summed E-state index contributed by atoms with van der Waals surface area (Å²) in [6.07, 6.45) is 9.19. The fourth-order valence-electron chi connectivity index (χ4n) is 2.77. The SMILES string of the molecule is C#CCOc1c(OC)cc(C(=O)N[C@@H]2CCCC[C@H]2Cl)cc1OC. The number of rotatable bonds is 6. The Balaban J connectivity index is 2.23. The summed E-state index contributed by atoms with van der Waals surface area (Å²) in [5.74, 6) is 3.33. The minimum Gasteiger partial charge on any atom is -0.493 e. The summed E-state index contributed by atoms with van der Waals surface area (Å²) in [6.45, 7) is 0.0776. The van der Waals surface area contributed by atoms with E-state index >= 15 is 0 Å². The molecule has 130 valence electrons. The molecule has 1 aliphatic rings. The molecule has 24 heavy (non-hydrogen) atoms. The normalized spacial score (nSPS) is 19.9. The molecule has 1 aromatic rings. The van der Waals surface area contributed by atoms with Crippen molar-refractivity contribution in [1.82, 2.24) is 5.32 Å². The molecule has 6 heteroatoms. The number of benzene rings is 1. The summed E-state index contributed by atoms with van der Waals surface area (Å²) in [5.41, 5.74) is 0.422. The van der Waals surface area contributed by atoms with Crippen molar-refractivity contribution in [2.45, 2.75) is 37.1 Å². The highest BCUT2D eigenvalue weighted by Crippen LogP contribution is 2.38. The second-order valence-electron chi connectivity index (χ2n) is 5.58. The fraction of sp³-hybridized carbons (Fsp3) is 0.500. The molecule has 2 rings (SSSR count). The molecule has 0 bridgehead atoms. The summed E-state index contributed by atoms with van der Waals surface area (Å²) in [4.78, 5) is 12.6. The Kier molecular flexibility index (Phi) is 6.62. The highest BCUT2D eigenvalue weighted by molar-refractivity contribution is 6.21. The lowest BCUT2D eigenvalue weighted by Gasteiger charge is -2.28. The molecule has 0 heterocycles. The van der Waals surface area contributed by atoms with E-state index < -0.39 is 0 Å². The molecule has 1 fully saturated rings. The highest BCUT2D eigenvalue weighted by Gasteiger charge is 2.26. The van der Waals surface area contributed by atoms with Crippen molar-refractivity contribution < 1.29 is 19.0 Å². The van der Waals surface area contributed by atoms with E-state index in [1.165, 1.54) is 14.2 Å². The van der Waals surface area contributed by atoms with Crippen molar-refractivity contribution in [1.29, 1.82) is 0 Å². The Bertz CT molecular complexity index is 601. The van der Waals surface area contributed by atoms with Crippen molar-refractivity contribution in [2.75, 3.05) is 20.8 Å². The van der Waals surface area contributed by atoms with Crippen molar-refractivity contribution in [3.63, 3.8) is 0 Å². The van der Waals surface area contributed by atoms with Crippen LogP contribution < -0.4 is 19.5 Å². The van der Waals surface area contributed by atoms with Gasteiger partial charge < -0.3 is 19.5 Å². The molecule has 0 radical (unpaired) electrons. The summed E-state index contributed by atoms with van der Waals surface area (Å²) in [6, 6.07) is 3.19. The van der Waals surface area contributed by atoms with Crippen LogP contribution in [0.2, 0.25) is 0 Å². The number of hydrogen-bond donors (Lipinski definition) is 1. The van der Waals surface area contributed by atoms with Crippen molar-refractivity contribution >= 4 is 17.5 Å². The monoisotopic (exact) mass is 351 g/mol. The van der Waals surface area contributed by atoms with Crippen LogP contribution >= 0.6 is 11.6 Å². The maximum atomic E-state index is 12.6. The van der Waals surface area contributed by atoms with E-state index in [9.17, 15) is 4.79 Å². The molecule has 0 spiro atoms. The van der Waals surface area contributed by atoms with Gasteiger partial charge in [0.05, 0.1) is 19.6 Å². The molecule has 1 saturated carbocycles. The van der Waals surface area contributed by atoms with E-state index in [4.69, 9.17) is 32.2 Å². The first kappa shape index (κ1) is 18.3. The zero-order chi connectivity index (χ0) is 17.5. The first-order valence-electron chi connectivity index (χ1n) is 7.88. The van der Waals surface area contributed by atoms with Gasteiger partial charge in [-0.2, -0.15) is 0 Å². The summed E-state index contributed by atoms with van der Waals surface area (Å²) < 4.78 is 16.1. The molecule has 5 nitrogen and oxygen atoms in total. The van der Waals surface area contributed by atoms with E-state index in [1.807, 2.05) is 0 Å². The topological polar surface area (TPSA) is 56.8 Å². The molecule has 0 aromatic heterocycles. The lowest BCUT2D eigenvalue weighted by Crippen LogP contribution is -2.42. The minimum atomic E-state index is -0.215. The van der Waals surface area contributed by atoms with Gasteiger partial charge in [-0.25, -0.2) is 0 Å². The minimum absolute atomic E-state index is 0.0257. The van der Waals surface area contributed by atoms with Crippen LogP contribution in [0.1, 0.15) is 36.0 Å². The first-order valence-corrected chi connectivity index (χ1v) is 8.31. The predicted molar refractivity (Wildman–Crippen MR) is 93.2 cm³/mol. The second kappa shape index (κ2) is 8.70. The van der Waals surface area contributed by atoms with Gasteiger partial charge >= 0.3 is 0 Å². The molecule has 0 unspecified atom stereocenters. The van der Waals surface area contributed by atoms with Crippen LogP contribution in [0, 0.1) is 12.3 Å². The van der Waals surface area contributed by atoms with Crippen LogP contribution in [-0.2, 0) is 0 Å². The molecule has 0 aliphatic heterocycles. The van der Waals surface area contributed by atoms with Crippen molar-refractivity contribution in [3.05, 3.63) is 17.7 Å². The Morgan fingerprint density at radius 2 is 1.92 bits per heavy atom. The number of amides is 1. The molecule has 2 atom stereocenters. The second-order valence-corrected chi connectivity index (χ2v) is 6.14. The van der Waals surface area contributed by atoms with Gasteiger partial charge in [-0.05, 0) is 25.0 Å². The van der Waals surface area contributed by atoms with Crippen LogP contribution in [0.4, 0.5) is 0 Å². The predicted octanol–water partition coefficient (Wildman–Crippen LogP) is 3.00. The van der Waals surface area contributed by atoms with Gasteiger partial charge in [0.25, 0.3) is 5.91 Å². The van der Waals surface area contributed by atoms with Crippen LogP contribution in [0.3, 0.4) is 0 Å². The average molecular weight is 352 g/mol. The Morgan fingerprint density at radius 1 is 1.29 bits per heavy atom. The maximum Gasteiger partial charge on any atom is 0.251 e. The van der Waals surface area contributed by atoms with E-state index in [2.05, 4.69) is 11.2 Å². The highest BCUT2D eigenvalue weighted by atomic mass is 35.5.